The van der Waals surface area contributed by atoms with Gasteiger partial charge in [-0.15, -0.1) is 11.3 Å². The Kier molecular flexibility index (Phi) is 4.53. The topological polar surface area (TPSA) is 48.1 Å². The molecule has 0 aliphatic rings. The van der Waals surface area contributed by atoms with E-state index in [9.17, 15) is 0 Å². The Hall–Kier alpha value is -0.910. The number of nitrogens with two attached hydrogens (primary N) is 1. The fourth-order valence-electron chi connectivity index (χ4n) is 1.45. The van der Waals surface area contributed by atoms with Crippen molar-refractivity contribution in [3.63, 3.8) is 0 Å². The number of nitrogens with zero attached hydrogens (tertiary/aromatic N) is 1. The Labute approximate surface area is 113 Å². The summed E-state index contributed by atoms with van der Waals surface area (Å²) in [7, 11) is 0. The number of hydrogen-bond donors (Lipinski definition) is 1. The Morgan fingerprint density at radius 1 is 1.41 bits per heavy atom. The van der Waals surface area contributed by atoms with Gasteiger partial charge in [-0.25, -0.2) is 4.98 Å². The van der Waals surface area contributed by atoms with Crippen molar-refractivity contribution in [3.05, 3.63) is 44.8 Å². The van der Waals surface area contributed by atoms with Crippen LogP contribution in [0.3, 0.4) is 0 Å². The van der Waals surface area contributed by atoms with Crippen molar-refractivity contribution in [3.8, 4) is 5.75 Å². The van der Waals surface area contributed by atoms with Crippen molar-refractivity contribution in [2.45, 2.75) is 13.0 Å². The highest BCUT2D eigenvalue weighted by Crippen LogP contribution is 2.27. The van der Waals surface area contributed by atoms with Crippen molar-refractivity contribution in [1.82, 2.24) is 4.98 Å². The summed E-state index contributed by atoms with van der Waals surface area (Å²) in [4.78, 5) is 4.17. The second-order valence-electron chi connectivity index (χ2n) is 3.52. The van der Waals surface area contributed by atoms with Crippen molar-refractivity contribution >= 4 is 27.3 Å². The maximum absolute atomic E-state index is 5.68. The van der Waals surface area contributed by atoms with Gasteiger partial charge in [0, 0.05) is 11.6 Å². The van der Waals surface area contributed by atoms with Crippen molar-refractivity contribution < 1.29 is 4.74 Å². The molecule has 17 heavy (non-hydrogen) atoms. The van der Waals surface area contributed by atoms with Crippen molar-refractivity contribution in [1.29, 1.82) is 0 Å². The lowest BCUT2D eigenvalue weighted by atomic mass is 10.1. The first-order chi connectivity index (χ1) is 8.29. The number of halogens is 1. The van der Waals surface area contributed by atoms with E-state index in [4.69, 9.17) is 10.5 Å². The van der Waals surface area contributed by atoms with Crippen LogP contribution in [0.5, 0.6) is 5.75 Å². The van der Waals surface area contributed by atoms with E-state index in [2.05, 4.69) is 20.9 Å². The Bertz CT molecular complexity index is 473. The number of ether oxygens (including phenoxy) is 1. The number of rotatable bonds is 5. The van der Waals surface area contributed by atoms with Gasteiger partial charge in [-0.1, -0.05) is 6.07 Å². The molecule has 0 spiro atoms. The predicted molar refractivity (Wildman–Crippen MR) is 73.3 cm³/mol. The van der Waals surface area contributed by atoms with E-state index in [0.717, 1.165) is 21.7 Å². The van der Waals surface area contributed by atoms with Crippen LogP contribution in [-0.4, -0.2) is 11.5 Å². The third kappa shape index (κ3) is 3.52. The first-order valence-corrected chi connectivity index (χ1v) is 6.96. The largest absolute Gasteiger partial charge is 0.485 e. The number of hydrogen-bond acceptors (Lipinski definition) is 4. The quantitative estimate of drug-likeness (QED) is 0.923. The van der Waals surface area contributed by atoms with Crippen LogP contribution in [0.1, 0.15) is 10.6 Å². The lowest BCUT2D eigenvalue weighted by Gasteiger charge is -2.08. The van der Waals surface area contributed by atoms with Gasteiger partial charge in [0.2, 0.25) is 0 Å². The average Bonchev–Trinajstić information content (AvgIpc) is 2.81. The molecule has 2 aromatic rings. The molecule has 1 aromatic carbocycles. The highest BCUT2D eigenvalue weighted by atomic mass is 79.9. The van der Waals surface area contributed by atoms with Gasteiger partial charge in [0.1, 0.15) is 17.4 Å². The summed E-state index contributed by atoms with van der Waals surface area (Å²) in [6.45, 7) is 1.16. The van der Waals surface area contributed by atoms with Gasteiger partial charge in [0.25, 0.3) is 0 Å². The molecule has 2 rings (SSSR count). The van der Waals surface area contributed by atoms with Gasteiger partial charge in [-0.05, 0) is 46.6 Å². The molecule has 0 fully saturated rings. The number of thiazole rings is 1. The van der Waals surface area contributed by atoms with Crippen LogP contribution in [0.15, 0.2) is 34.2 Å². The lowest BCUT2D eigenvalue weighted by Crippen LogP contribution is -2.03. The highest BCUT2D eigenvalue weighted by Gasteiger charge is 2.04. The monoisotopic (exact) mass is 312 g/mol. The van der Waals surface area contributed by atoms with Crippen LogP contribution in [0.25, 0.3) is 0 Å². The molecular formula is C12H13BrN2OS. The van der Waals surface area contributed by atoms with Gasteiger partial charge >= 0.3 is 0 Å². The van der Waals surface area contributed by atoms with Crippen LogP contribution in [0, 0.1) is 0 Å². The van der Waals surface area contributed by atoms with E-state index in [1.54, 1.807) is 17.5 Å². The minimum absolute atomic E-state index is 0.506. The number of aromatic nitrogens is 1. The molecule has 0 atom stereocenters. The molecule has 3 nitrogen and oxygen atoms in total. The molecule has 0 saturated heterocycles. The van der Waals surface area contributed by atoms with Crippen molar-refractivity contribution in [2.75, 3.05) is 6.54 Å². The molecule has 2 N–H and O–H groups in total. The van der Waals surface area contributed by atoms with Gasteiger partial charge in [-0.3, -0.25) is 0 Å². The maximum atomic E-state index is 5.68. The molecular weight excluding hydrogens is 300 g/mol. The van der Waals surface area contributed by atoms with Crippen LogP contribution >= 0.6 is 27.3 Å². The fourth-order valence-corrected chi connectivity index (χ4v) is 2.52. The smallest absolute Gasteiger partial charge is 0.140 e. The Balaban J connectivity index is 2.01. The summed E-state index contributed by atoms with van der Waals surface area (Å²) in [5.41, 5.74) is 6.73. The normalized spacial score (nSPS) is 10.5. The zero-order valence-corrected chi connectivity index (χ0v) is 11.6. The zero-order valence-electron chi connectivity index (χ0n) is 9.23. The second kappa shape index (κ2) is 6.14. The average molecular weight is 313 g/mol. The minimum Gasteiger partial charge on any atom is -0.485 e. The second-order valence-corrected chi connectivity index (χ2v) is 5.35. The summed E-state index contributed by atoms with van der Waals surface area (Å²) in [5.74, 6) is 0.834. The van der Waals surface area contributed by atoms with E-state index in [1.165, 1.54) is 5.56 Å². The standard InChI is InChI=1S/C12H13BrN2OS/c13-10-7-9(3-4-14)1-2-11(10)16-8-12-15-5-6-17-12/h1-2,5-7H,3-4,8,14H2. The summed E-state index contributed by atoms with van der Waals surface area (Å²) in [6, 6.07) is 6.04. The summed E-state index contributed by atoms with van der Waals surface area (Å²) >= 11 is 5.09. The molecule has 0 bridgehead atoms. The summed E-state index contributed by atoms with van der Waals surface area (Å²) < 4.78 is 6.64. The maximum Gasteiger partial charge on any atom is 0.140 e. The summed E-state index contributed by atoms with van der Waals surface area (Å²) in [6.07, 6.45) is 2.66. The number of benzene rings is 1. The van der Waals surface area contributed by atoms with Crippen LogP contribution in [0.4, 0.5) is 0 Å². The fraction of sp³-hybridized carbons (Fsp3) is 0.250. The van der Waals surface area contributed by atoms with Crippen LogP contribution in [0.2, 0.25) is 0 Å². The van der Waals surface area contributed by atoms with Gasteiger partial charge in [0.15, 0.2) is 0 Å². The first kappa shape index (κ1) is 12.5. The van der Waals surface area contributed by atoms with E-state index in [-0.39, 0.29) is 0 Å². The van der Waals surface area contributed by atoms with E-state index >= 15 is 0 Å². The Morgan fingerprint density at radius 2 is 2.29 bits per heavy atom. The van der Waals surface area contributed by atoms with Crippen molar-refractivity contribution in [2.24, 2.45) is 5.73 Å². The molecule has 0 saturated carbocycles. The van der Waals surface area contributed by atoms with Gasteiger partial charge < -0.3 is 10.5 Å². The molecule has 5 heteroatoms. The lowest BCUT2D eigenvalue weighted by molar-refractivity contribution is 0.303. The zero-order chi connectivity index (χ0) is 12.1. The highest BCUT2D eigenvalue weighted by molar-refractivity contribution is 9.10. The molecule has 0 aliphatic carbocycles. The molecule has 0 aliphatic heterocycles. The molecule has 0 radical (unpaired) electrons. The Morgan fingerprint density at radius 3 is 2.94 bits per heavy atom. The van der Waals surface area contributed by atoms with E-state index in [1.807, 2.05) is 23.6 Å². The molecule has 90 valence electrons. The molecule has 1 aromatic heterocycles. The third-order valence-corrected chi connectivity index (χ3v) is 3.64. The predicted octanol–water partition coefficient (Wildman–Crippen LogP) is 2.99. The van der Waals surface area contributed by atoms with Crippen LogP contribution in [-0.2, 0) is 13.0 Å². The third-order valence-electron chi connectivity index (χ3n) is 2.26. The molecule has 0 amide bonds. The summed E-state index contributed by atoms with van der Waals surface area (Å²) in [5, 5.41) is 2.92. The molecule has 1 heterocycles. The van der Waals surface area contributed by atoms with Crippen LogP contribution < -0.4 is 10.5 Å². The van der Waals surface area contributed by atoms with E-state index in [0.29, 0.717) is 13.2 Å². The SMILES string of the molecule is NCCc1ccc(OCc2nccs2)c(Br)c1. The van der Waals surface area contributed by atoms with E-state index < -0.39 is 0 Å². The first-order valence-electron chi connectivity index (χ1n) is 5.29. The van der Waals surface area contributed by atoms with Gasteiger partial charge in [-0.2, -0.15) is 0 Å². The van der Waals surface area contributed by atoms with Gasteiger partial charge in [0.05, 0.1) is 4.47 Å². The minimum atomic E-state index is 0.506. The molecule has 0 unspecified atom stereocenters.